The molecule has 1 N–H and O–H groups in total. The summed E-state index contributed by atoms with van der Waals surface area (Å²) in [5, 5.41) is 9.10. The third kappa shape index (κ3) is 4.54. The molecule has 0 bridgehead atoms. The Balaban J connectivity index is 2.34. The molecule has 0 atom stereocenters. The van der Waals surface area contributed by atoms with Gasteiger partial charge in [0.2, 0.25) is 0 Å². The van der Waals surface area contributed by atoms with Gasteiger partial charge in [0.25, 0.3) is 0 Å². The average molecular weight is 141 g/mol. The van der Waals surface area contributed by atoms with Crippen LogP contribution in [0.4, 0.5) is 0 Å². The molecule has 3 heteroatoms. The van der Waals surface area contributed by atoms with E-state index in [0.717, 1.165) is 5.02 Å². The Hall–Kier alpha value is 0.543. The summed E-state index contributed by atoms with van der Waals surface area (Å²) in [5.41, 5.74) is 0. The normalized spacial score (nSPS) is 7.67. The van der Waals surface area contributed by atoms with Crippen molar-refractivity contribution in [3.05, 3.63) is 0 Å². The first-order valence-electron chi connectivity index (χ1n) is 2.01. The SMILES string of the molecule is C[O][Zn][CH2]CO. The second kappa shape index (κ2) is 5.54. The fourth-order valence-electron chi connectivity index (χ4n) is 0.209. The summed E-state index contributed by atoms with van der Waals surface area (Å²) in [7, 11) is 1.70. The Morgan fingerprint density at radius 1 is 1.83 bits per heavy atom. The first-order chi connectivity index (χ1) is 2.91. The van der Waals surface area contributed by atoms with Crippen molar-refractivity contribution in [2.45, 2.75) is 5.02 Å². The van der Waals surface area contributed by atoms with Gasteiger partial charge >= 0.3 is 44.9 Å². The summed E-state index contributed by atoms with van der Waals surface area (Å²) < 4.78 is 4.81. The van der Waals surface area contributed by atoms with Crippen LogP contribution < -0.4 is 0 Å². The second-order valence-corrected chi connectivity index (χ2v) is 4.62. The number of rotatable bonds is 3. The van der Waals surface area contributed by atoms with Gasteiger partial charge in [-0.1, -0.05) is 0 Å². The first-order valence-corrected chi connectivity index (χ1v) is 5.32. The van der Waals surface area contributed by atoms with Crippen LogP contribution in [0.1, 0.15) is 0 Å². The zero-order valence-electron chi connectivity index (χ0n) is 3.98. The summed E-state index contributed by atoms with van der Waals surface area (Å²) in [6.07, 6.45) is 0. The third-order valence-corrected chi connectivity index (χ3v) is 2.63. The fourth-order valence-corrected chi connectivity index (χ4v) is 1.09. The van der Waals surface area contributed by atoms with Crippen molar-refractivity contribution in [3.63, 3.8) is 0 Å². The molecular weight excluding hydrogens is 133 g/mol. The van der Waals surface area contributed by atoms with E-state index in [0.29, 0.717) is 6.61 Å². The van der Waals surface area contributed by atoms with Gasteiger partial charge in [-0.15, -0.1) is 0 Å². The molecule has 0 rings (SSSR count). The Morgan fingerprint density at radius 2 is 2.50 bits per heavy atom. The van der Waals surface area contributed by atoms with Crippen molar-refractivity contribution in [1.82, 2.24) is 0 Å². The monoisotopic (exact) mass is 140 g/mol. The number of hydrogen-bond donors (Lipinski definition) is 1. The minimum atomic E-state index is -0.675. The summed E-state index contributed by atoms with van der Waals surface area (Å²) >= 11 is -0.675. The maximum atomic E-state index is 8.16. The van der Waals surface area contributed by atoms with E-state index in [1.807, 2.05) is 0 Å². The summed E-state index contributed by atoms with van der Waals surface area (Å²) in [6.45, 7) is 0.313. The summed E-state index contributed by atoms with van der Waals surface area (Å²) in [6, 6.07) is 0. The molecule has 6 heavy (non-hydrogen) atoms. The van der Waals surface area contributed by atoms with E-state index in [1.165, 1.54) is 0 Å². The van der Waals surface area contributed by atoms with Gasteiger partial charge in [0.1, 0.15) is 0 Å². The molecule has 0 aliphatic rings. The van der Waals surface area contributed by atoms with Gasteiger partial charge in [-0.05, 0) is 0 Å². The molecule has 2 nitrogen and oxygen atoms in total. The van der Waals surface area contributed by atoms with Gasteiger partial charge in [-0.3, -0.25) is 0 Å². The minimum absolute atomic E-state index is 0.313. The van der Waals surface area contributed by atoms with Crippen LogP contribution >= 0.6 is 0 Å². The molecule has 0 aromatic carbocycles. The standard InChI is InChI=1S/C2H5O.CH3O.Zn/c1-2-3;1-2;/h3H,1-2H2;1H3;/q;-1;+1. The Morgan fingerprint density at radius 3 is 2.67 bits per heavy atom. The van der Waals surface area contributed by atoms with Crippen LogP contribution in [0.25, 0.3) is 0 Å². The van der Waals surface area contributed by atoms with Crippen LogP contribution in [0.2, 0.25) is 5.02 Å². The number of aliphatic hydroxyl groups is 1. The van der Waals surface area contributed by atoms with Crippen molar-refractivity contribution in [2.24, 2.45) is 0 Å². The fraction of sp³-hybridized carbons (Fsp3) is 1.00. The molecule has 0 saturated heterocycles. The predicted octanol–water partition coefficient (Wildman–Crippen LogP) is 0.0409. The van der Waals surface area contributed by atoms with Crippen LogP contribution in [0.15, 0.2) is 0 Å². The zero-order chi connectivity index (χ0) is 4.83. The topological polar surface area (TPSA) is 29.5 Å². The molecule has 0 amide bonds. The van der Waals surface area contributed by atoms with E-state index in [-0.39, 0.29) is 0 Å². The predicted molar refractivity (Wildman–Crippen MR) is 18.9 cm³/mol. The van der Waals surface area contributed by atoms with Crippen molar-refractivity contribution < 1.29 is 26.2 Å². The molecule has 0 unspecified atom stereocenters. The van der Waals surface area contributed by atoms with Gasteiger partial charge in [-0.2, -0.15) is 0 Å². The molecule has 34 valence electrons. The van der Waals surface area contributed by atoms with E-state index in [1.54, 1.807) is 7.11 Å². The molecule has 0 aliphatic heterocycles. The quantitative estimate of drug-likeness (QED) is 0.444. The maximum absolute atomic E-state index is 8.16. The molecule has 0 aromatic heterocycles. The van der Waals surface area contributed by atoms with Crippen molar-refractivity contribution >= 4 is 0 Å². The van der Waals surface area contributed by atoms with Crippen LogP contribution in [0, 0.1) is 0 Å². The Labute approximate surface area is 45.5 Å². The van der Waals surface area contributed by atoms with E-state index < -0.39 is 17.5 Å². The average Bonchev–Trinajstić information content (AvgIpc) is 1.61. The van der Waals surface area contributed by atoms with E-state index in [9.17, 15) is 0 Å². The number of aliphatic hydroxyl groups excluding tert-OH is 1. The second-order valence-electron chi connectivity index (χ2n) is 1.07. The molecule has 0 saturated carbocycles. The summed E-state index contributed by atoms with van der Waals surface area (Å²) in [4.78, 5) is 0. The van der Waals surface area contributed by atoms with Gasteiger partial charge in [-0.25, -0.2) is 0 Å². The van der Waals surface area contributed by atoms with Crippen LogP contribution in [0.3, 0.4) is 0 Å². The molecule has 0 fully saturated rings. The van der Waals surface area contributed by atoms with Gasteiger partial charge in [0.05, 0.1) is 0 Å². The van der Waals surface area contributed by atoms with Crippen molar-refractivity contribution in [2.75, 3.05) is 13.7 Å². The molecule has 0 radical (unpaired) electrons. The third-order valence-electron chi connectivity index (χ3n) is 0.507. The molecule has 0 aromatic rings. The van der Waals surface area contributed by atoms with Crippen LogP contribution in [0.5, 0.6) is 0 Å². The van der Waals surface area contributed by atoms with Crippen molar-refractivity contribution in [1.29, 1.82) is 0 Å². The van der Waals surface area contributed by atoms with Gasteiger partial charge in [0.15, 0.2) is 0 Å². The van der Waals surface area contributed by atoms with E-state index in [2.05, 4.69) is 0 Å². The Kier molecular flexibility index (Phi) is 6.05. The van der Waals surface area contributed by atoms with Crippen LogP contribution in [-0.2, 0) is 21.1 Å². The van der Waals surface area contributed by atoms with Crippen molar-refractivity contribution in [3.8, 4) is 0 Å². The Bertz CT molecular complexity index is 20.8. The molecule has 0 heterocycles. The van der Waals surface area contributed by atoms with Crippen LogP contribution in [-0.4, -0.2) is 18.8 Å². The van der Waals surface area contributed by atoms with E-state index >= 15 is 0 Å². The molecule has 0 aliphatic carbocycles. The van der Waals surface area contributed by atoms with E-state index in [4.69, 9.17) is 8.67 Å². The first kappa shape index (κ1) is 6.54. The number of hydrogen-bond acceptors (Lipinski definition) is 2. The van der Waals surface area contributed by atoms with Gasteiger partial charge in [0, 0.05) is 0 Å². The molecule has 0 spiro atoms. The molecular formula is C3H8O2Zn. The van der Waals surface area contributed by atoms with Gasteiger partial charge < -0.3 is 0 Å². The summed E-state index contributed by atoms with van der Waals surface area (Å²) in [5.74, 6) is 0. The zero-order valence-corrected chi connectivity index (χ0v) is 6.94.